The minimum atomic E-state index is 0. The Morgan fingerprint density at radius 1 is 1.62 bits per heavy atom. The second-order valence-corrected chi connectivity index (χ2v) is 1.19. The van der Waals surface area contributed by atoms with Crippen molar-refractivity contribution >= 4 is 6.20 Å². The van der Waals surface area contributed by atoms with Crippen LogP contribution in [0.5, 0.6) is 0 Å². The molecule has 0 N–H and O–H groups in total. The van der Waals surface area contributed by atoms with Crippen LogP contribution in [0.4, 0.5) is 0 Å². The largest absolute Gasteiger partial charge is 0.314 e. The van der Waals surface area contributed by atoms with Gasteiger partial charge in [0, 0.05) is 38.1 Å². The average Bonchev–Trinajstić information content (AvgIpc) is 2.14. The molecule has 0 saturated carbocycles. The first-order chi connectivity index (χ1) is 3.43. The number of nitrogens with zero attached hydrogens (tertiary/aromatic N) is 2. The molecule has 0 radical (unpaired) electrons. The van der Waals surface area contributed by atoms with Crippen LogP contribution < -0.4 is 0 Å². The van der Waals surface area contributed by atoms with E-state index in [1.807, 2.05) is 6.20 Å². The van der Waals surface area contributed by atoms with Crippen LogP contribution in [0.25, 0.3) is 6.20 Å². The van der Waals surface area contributed by atoms with Crippen LogP contribution in [0.2, 0.25) is 0 Å². The van der Waals surface area contributed by atoms with Crippen LogP contribution in [-0.4, -0.2) is 9.55 Å². The van der Waals surface area contributed by atoms with Gasteiger partial charge in [0.15, 0.2) is 0 Å². The molecule has 2 nitrogen and oxygen atoms in total. The van der Waals surface area contributed by atoms with Crippen LogP contribution in [0.15, 0.2) is 25.3 Å². The van der Waals surface area contributed by atoms with Crippen molar-refractivity contribution in [1.82, 2.24) is 9.55 Å². The maximum absolute atomic E-state index is 3.78. The summed E-state index contributed by atoms with van der Waals surface area (Å²) in [5, 5.41) is 0. The van der Waals surface area contributed by atoms with Gasteiger partial charge in [-0.15, -0.1) is 0 Å². The Labute approximate surface area is 61.0 Å². The van der Waals surface area contributed by atoms with E-state index in [1.54, 1.807) is 23.3 Å². The summed E-state index contributed by atoms with van der Waals surface area (Å²) in [5.41, 5.74) is 0. The fourth-order valence-corrected chi connectivity index (χ4v) is 0.377. The smallest absolute Gasteiger partial charge is 0.0986 e. The van der Waals surface area contributed by atoms with Crippen LogP contribution in [0.1, 0.15) is 0 Å². The molecule has 0 fully saturated rings. The fourth-order valence-electron chi connectivity index (χ4n) is 0.377. The van der Waals surface area contributed by atoms with E-state index in [0.29, 0.717) is 0 Å². The molecule has 0 unspecified atom stereocenters. The zero-order valence-corrected chi connectivity index (χ0v) is 7.59. The molecule has 0 amide bonds. The minimum absolute atomic E-state index is 0. The zero-order chi connectivity index (χ0) is 5.11. The molecule has 1 aromatic heterocycles. The van der Waals surface area contributed by atoms with Gasteiger partial charge >= 0.3 is 0 Å². The molecule has 1 rings (SSSR count). The summed E-state index contributed by atoms with van der Waals surface area (Å²) >= 11 is 0. The van der Waals surface area contributed by atoms with Crippen molar-refractivity contribution in [3.63, 3.8) is 0 Å². The molecular weight excluding hydrogens is 153 g/mol. The van der Waals surface area contributed by atoms with Crippen molar-refractivity contribution in [3.05, 3.63) is 25.3 Å². The predicted octanol–water partition coefficient (Wildman–Crippen LogP) is 0.981. The van der Waals surface area contributed by atoms with Gasteiger partial charge in [0.05, 0.1) is 6.33 Å². The monoisotopic (exact) mass is 158 g/mol. The van der Waals surface area contributed by atoms with E-state index < -0.39 is 0 Å². The molecule has 0 atom stereocenters. The van der Waals surface area contributed by atoms with E-state index in [4.69, 9.17) is 0 Å². The van der Waals surface area contributed by atoms with Crippen LogP contribution in [0.3, 0.4) is 0 Å². The number of hydrogen-bond donors (Lipinski definition) is 0. The SMILES string of the molecule is C=Cn1ccnc1.[Zn]. The maximum Gasteiger partial charge on any atom is 0.0986 e. The van der Waals surface area contributed by atoms with E-state index in [0.717, 1.165) is 0 Å². The van der Waals surface area contributed by atoms with Crippen molar-refractivity contribution in [2.45, 2.75) is 0 Å². The van der Waals surface area contributed by atoms with Gasteiger partial charge in [0.2, 0.25) is 0 Å². The summed E-state index contributed by atoms with van der Waals surface area (Å²) in [7, 11) is 0. The quantitative estimate of drug-likeness (QED) is 0.559. The Balaban J connectivity index is 0.000000490. The summed E-state index contributed by atoms with van der Waals surface area (Å²) in [4.78, 5) is 3.78. The first kappa shape index (κ1) is 7.57. The summed E-state index contributed by atoms with van der Waals surface area (Å²) in [6, 6.07) is 0. The summed E-state index contributed by atoms with van der Waals surface area (Å²) in [6.07, 6.45) is 6.91. The molecule has 0 aliphatic rings. The number of aromatic nitrogens is 2. The van der Waals surface area contributed by atoms with Crippen molar-refractivity contribution in [1.29, 1.82) is 0 Å². The standard InChI is InChI=1S/C5H6N2.Zn/c1-2-7-4-3-6-5-7;/h2-5H,1H2;. The van der Waals surface area contributed by atoms with E-state index >= 15 is 0 Å². The van der Waals surface area contributed by atoms with Gasteiger partial charge in [-0.1, -0.05) is 6.58 Å². The Morgan fingerprint density at radius 2 is 2.38 bits per heavy atom. The molecule has 8 heavy (non-hydrogen) atoms. The maximum atomic E-state index is 3.78. The third-order valence-corrected chi connectivity index (χ3v) is 0.736. The van der Waals surface area contributed by atoms with E-state index in [1.165, 1.54) is 0 Å². The predicted molar refractivity (Wildman–Crippen MR) is 28.6 cm³/mol. The molecule has 0 aliphatic heterocycles. The summed E-state index contributed by atoms with van der Waals surface area (Å²) in [6.45, 7) is 3.53. The molecule has 3 heteroatoms. The second kappa shape index (κ2) is 3.56. The van der Waals surface area contributed by atoms with Crippen LogP contribution in [0, 0.1) is 0 Å². The Morgan fingerprint density at radius 3 is 2.62 bits per heavy atom. The van der Waals surface area contributed by atoms with Gasteiger partial charge in [-0.05, 0) is 0 Å². The number of imidazole rings is 1. The van der Waals surface area contributed by atoms with Crippen LogP contribution >= 0.6 is 0 Å². The van der Waals surface area contributed by atoms with Gasteiger partial charge in [-0.25, -0.2) is 4.98 Å². The van der Waals surface area contributed by atoms with Crippen molar-refractivity contribution in [3.8, 4) is 0 Å². The first-order valence-corrected chi connectivity index (χ1v) is 2.03. The molecule has 0 saturated heterocycles. The molecule has 0 aromatic carbocycles. The normalized spacial score (nSPS) is 7.50. The van der Waals surface area contributed by atoms with Gasteiger partial charge < -0.3 is 4.57 Å². The number of hydrogen-bond acceptors (Lipinski definition) is 1. The first-order valence-electron chi connectivity index (χ1n) is 2.03. The molecule has 0 aliphatic carbocycles. The molecule has 38 valence electrons. The number of rotatable bonds is 1. The average molecular weight is 160 g/mol. The molecule has 1 heterocycles. The topological polar surface area (TPSA) is 17.8 Å². The summed E-state index contributed by atoms with van der Waals surface area (Å²) in [5.74, 6) is 0. The Kier molecular flexibility index (Phi) is 3.37. The second-order valence-electron chi connectivity index (χ2n) is 1.19. The van der Waals surface area contributed by atoms with E-state index in [-0.39, 0.29) is 19.5 Å². The molecule has 0 bridgehead atoms. The van der Waals surface area contributed by atoms with Crippen LogP contribution in [-0.2, 0) is 19.5 Å². The van der Waals surface area contributed by atoms with Gasteiger partial charge in [0.1, 0.15) is 0 Å². The van der Waals surface area contributed by atoms with Crippen molar-refractivity contribution in [2.75, 3.05) is 0 Å². The Hall–Kier alpha value is -0.427. The molecule has 0 spiro atoms. The molecular formula is C5H6N2Zn. The van der Waals surface area contributed by atoms with E-state index in [9.17, 15) is 0 Å². The van der Waals surface area contributed by atoms with Crippen molar-refractivity contribution < 1.29 is 19.5 Å². The fraction of sp³-hybridized carbons (Fsp3) is 0. The molecule has 1 aromatic rings. The third kappa shape index (κ3) is 1.59. The van der Waals surface area contributed by atoms with Gasteiger partial charge in [0.25, 0.3) is 0 Å². The van der Waals surface area contributed by atoms with Crippen molar-refractivity contribution in [2.24, 2.45) is 0 Å². The Bertz CT molecular complexity index is 145. The van der Waals surface area contributed by atoms with Gasteiger partial charge in [-0.2, -0.15) is 0 Å². The summed E-state index contributed by atoms with van der Waals surface area (Å²) < 4.78 is 1.78. The minimum Gasteiger partial charge on any atom is -0.314 e. The van der Waals surface area contributed by atoms with Gasteiger partial charge in [-0.3, -0.25) is 0 Å². The zero-order valence-electron chi connectivity index (χ0n) is 4.62. The third-order valence-electron chi connectivity index (χ3n) is 0.736. The van der Waals surface area contributed by atoms with E-state index in [2.05, 4.69) is 11.6 Å².